The van der Waals surface area contributed by atoms with E-state index >= 15 is 0 Å². The first-order valence-electron chi connectivity index (χ1n) is 6.13. The molecule has 1 aliphatic heterocycles. The molecule has 0 unspecified atom stereocenters. The van der Waals surface area contributed by atoms with Gasteiger partial charge in [0.2, 0.25) is 10.0 Å². The van der Waals surface area contributed by atoms with Crippen molar-refractivity contribution in [1.82, 2.24) is 9.62 Å². The highest BCUT2D eigenvalue weighted by molar-refractivity contribution is 7.91. The third-order valence-corrected chi connectivity index (χ3v) is 6.04. The minimum atomic E-state index is -3.40. The third-order valence-electron chi connectivity index (χ3n) is 2.86. The Hall–Kier alpha value is -0.180. The van der Waals surface area contributed by atoms with Crippen molar-refractivity contribution in [3.8, 4) is 0 Å². The number of ether oxygens (including phenoxy) is 1. The van der Waals surface area contributed by atoms with Crippen molar-refractivity contribution in [1.29, 1.82) is 0 Å². The zero-order valence-corrected chi connectivity index (χ0v) is 12.9. The molecule has 0 atom stereocenters. The van der Waals surface area contributed by atoms with Crippen LogP contribution in [0.1, 0.15) is 6.42 Å². The van der Waals surface area contributed by atoms with E-state index in [1.54, 1.807) is 6.07 Å². The SMILES string of the molecule is O=S(=O)(NCCCN1CCOCC1)c1ccc(Cl)s1. The number of thiophene rings is 1. The van der Waals surface area contributed by atoms with Crippen LogP contribution in [0.2, 0.25) is 4.34 Å². The van der Waals surface area contributed by atoms with Crippen LogP contribution in [0.5, 0.6) is 0 Å². The molecule has 0 aromatic carbocycles. The second-order valence-corrected chi connectivity index (χ2v) is 7.97. The minimum Gasteiger partial charge on any atom is -0.379 e. The third kappa shape index (κ3) is 4.70. The van der Waals surface area contributed by atoms with Gasteiger partial charge in [-0.3, -0.25) is 4.90 Å². The van der Waals surface area contributed by atoms with Crippen molar-refractivity contribution >= 4 is 33.0 Å². The predicted molar refractivity (Wildman–Crippen MR) is 76.4 cm³/mol. The fraction of sp³-hybridized carbons (Fsp3) is 0.636. The van der Waals surface area contributed by atoms with Gasteiger partial charge in [0.15, 0.2) is 0 Å². The van der Waals surface area contributed by atoms with Gasteiger partial charge in [-0.25, -0.2) is 13.1 Å². The van der Waals surface area contributed by atoms with E-state index in [1.165, 1.54) is 6.07 Å². The van der Waals surface area contributed by atoms with Gasteiger partial charge in [0.05, 0.1) is 17.6 Å². The maximum Gasteiger partial charge on any atom is 0.250 e. The summed E-state index contributed by atoms with van der Waals surface area (Å²) < 4.78 is 32.4. The van der Waals surface area contributed by atoms with Gasteiger partial charge in [0, 0.05) is 19.6 Å². The standard InChI is InChI=1S/C11H17ClN2O3S2/c12-10-2-3-11(18-10)19(15,16)13-4-1-5-14-6-8-17-9-7-14/h2-3,13H,1,4-9H2. The van der Waals surface area contributed by atoms with E-state index in [9.17, 15) is 8.42 Å². The Kier molecular flexibility index (Phi) is 5.61. The normalized spacial score (nSPS) is 17.7. The van der Waals surface area contributed by atoms with Crippen LogP contribution in [-0.4, -0.2) is 52.7 Å². The van der Waals surface area contributed by atoms with Crippen molar-refractivity contribution < 1.29 is 13.2 Å². The molecule has 1 aliphatic rings. The number of morpholine rings is 1. The molecular formula is C11H17ClN2O3S2. The summed E-state index contributed by atoms with van der Waals surface area (Å²) in [6.07, 6.45) is 0.790. The van der Waals surface area contributed by atoms with E-state index in [4.69, 9.17) is 16.3 Å². The summed E-state index contributed by atoms with van der Waals surface area (Å²) in [5.41, 5.74) is 0. The predicted octanol–water partition coefficient (Wildman–Crippen LogP) is 1.40. The number of nitrogens with one attached hydrogen (secondary N) is 1. The van der Waals surface area contributed by atoms with Gasteiger partial charge in [-0.05, 0) is 25.1 Å². The van der Waals surface area contributed by atoms with Gasteiger partial charge in [-0.15, -0.1) is 11.3 Å². The number of hydrogen-bond acceptors (Lipinski definition) is 5. The van der Waals surface area contributed by atoms with Gasteiger partial charge in [0.1, 0.15) is 4.21 Å². The maximum atomic E-state index is 11.9. The highest BCUT2D eigenvalue weighted by Gasteiger charge is 2.16. The van der Waals surface area contributed by atoms with Crippen LogP contribution in [-0.2, 0) is 14.8 Å². The molecule has 0 amide bonds. The van der Waals surface area contributed by atoms with E-state index in [1.807, 2.05) is 0 Å². The van der Waals surface area contributed by atoms with E-state index in [2.05, 4.69) is 9.62 Å². The lowest BCUT2D eigenvalue weighted by atomic mass is 10.3. The molecular weight excluding hydrogens is 308 g/mol. The average molecular weight is 325 g/mol. The Morgan fingerprint density at radius 1 is 1.37 bits per heavy atom. The van der Waals surface area contributed by atoms with E-state index < -0.39 is 10.0 Å². The van der Waals surface area contributed by atoms with Crippen LogP contribution in [0.15, 0.2) is 16.3 Å². The van der Waals surface area contributed by atoms with Crippen LogP contribution in [0.4, 0.5) is 0 Å². The molecule has 0 bridgehead atoms. The zero-order valence-electron chi connectivity index (χ0n) is 10.5. The lowest BCUT2D eigenvalue weighted by Gasteiger charge is -2.26. The molecule has 19 heavy (non-hydrogen) atoms. The molecule has 1 N–H and O–H groups in total. The summed E-state index contributed by atoms with van der Waals surface area (Å²) in [7, 11) is -3.40. The number of halogens is 1. The summed E-state index contributed by atoms with van der Waals surface area (Å²) in [6.45, 7) is 4.70. The summed E-state index contributed by atoms with van der Waals surface area (Å²) >= 11 is 6.81. The van der Waals surface area contributed by atoms with Crippen LogP contribution < -0.4 is 4.72 Å². The minimum absolute atomic E-state index is 0.267. The van der Waals surface area contributed by atoms with Crippen LogP contribution in [0.3, 0.4) is 0 Å². The van der Waals surface area contributed by atoms with Crippen molar-refractivity contribution in [2.75, 3.05) is 39.4 Å². The molecule has 1 fully saturated rings. The van der Waals surface area contributed by atoms with Gasteiger partial charge < -0.3 is 4.74 Å². The first kappa shape index (κ1) is 15.2. The highest BCUT2D eigenvalue weighted by Crippen LogP contribution is 2.25. The number of hydrogen-bond donors (Lipinski definition) is 1. The highest BCUT2D eigenvalue weighted by atomic mass is 35.5. The van der Waals surface area contributed by atoms with Gasteiger partial charge in [-0.2, -0.15) is 0 Å². The first-order valence-corrected chi connectivity index (χ1v) is 8.81. The fourth-order valence-electron chi connectivity index (χ4n) is 1.85. The van der Waals surface area contributed by atoms with Gasteiger partial charge in [-0.1, -0.05) is 11.6 Å². The number of rotatable bonds is 6. The van der Waals surface area contributed by atoms with E-state index in [0.29, 0.717) is 10.9 Å². The summed E-state index contributed by atoms with van der Waals surface area (Å²) in [6, 6.07) is 3.12. The van der Waals surface area contributed by atoms with E-state index in [0.717, 1.165) is 50.6 Å². The lowest BCUT2D eigenvalue weighted by Crippen LogP contribution is -2.38. The molecule has 0 saturated carbocycles. The summed E-state index contributed by atoms with van der Waals surface area (Å²) in [5.74, 6) is 0. The smallest absolute Gasteiger partial charge is 0.250 e. The molecule has 5 nitrogen and oxygen atoms in total. The number of sulfonamides is 1. The summed E-state index contributed by atoms with van der Waals surface area (Å²) in [4.78, 5) is 2.28. The Morgan fingerprint density at radius 3 is 2.74 bits per heavy atom. The molecule has 1 saturated heterocycles. The average Bonchev–Trinajstić information content (AvgIpc) is 2.84. The summed E-state index contributed by atoms with van der Waals surface area (Å²) in [5, 5.41) is 0. The molecule has 1 aromatic rings. The molecule has 2 heterocycles. The second-order valence-electron chi connectivity index (χ2n) is 4.26. The van der Waals surface area contributed by atoms with Crippen LogP contribution in [0, 0.1) is 0 Å². The van der Waals surface area contributed by atoms with Gasteiger partial charge in [0.25, 0.3) is 0 Å². The topological polar surface area (TPSA) is 58.6 Å². The Balaban J connectivity index is 1.72. The molecule has 2 rings (SSSR count). The molecule has 108 valence electrons. The lowest BCUT2D eigenvalue weighted by molar-refractivity contribution is 0.0376. The maximum absolute atomic E-state index is 11.9. The Labute approximate surface area is 122 Å². The Morgan fingerprint density at radius 2 is 2.11 bits per heavy atom. The Bertz CT molecular complexity index is 498. The first-order chi connectivity index (χ1) is 9.08. The molecule has 0 spiro atoms. The number of nitrogens with zero attached hydrogens (tertiary/aromatic N) is 1. The van der Waals surface area contributed by atoms with Crippen molar-refractivity contribution in [2.24, 2.45) is 0 Å². The zero-order chi connectivity index (χ0) is 13.7. The van der Waals surface area contributed by atoms with Crippen molar-refractivity contribution in [3.05, 3.63) is 16.5 Å². The van der Waals surface area contributed by atoms with Crippen molar-refractivity contribution in [3.63, 3.8) is 0 Å². The van der Waals surface area contributed by atoms with E-state index in [-0.39, 0.29) is 4.21 Å². The van der Waals surface area contributed by atoms with Crippen LogP contribution >= 0.6 is 22.9 Å². The van der Waals surface area contributed by atoms with Gasteiger partial charge >= 0.3 is 0 Å². The van der Waals surface area contributed by atoms with Crippen molar-refractivity contribution in [2.45, 2.75) is 10.6 Å². The monoisotopic (exact) mass is 324 g/mol. The molecule has 8 heteroatoms. The van der Waals surface area contributed by atoms with Crippen LogP contribution in [0.25, 0.3) is 0 Å². The molecule has 1 aromatic heterocycles. The molecule has 0 radical (unpaired) electrons. The quantitative estimate of drug-likeness (QED) is 0.804. The second kappa shape index (κ2) is 7.01. The fourth-order valence-corrected chi connectivity index (χ4v) is 4.45. The molecule has 0 aliphatic carbocycles. The largest absolute Gasteiger partial charge is 0.379 e.